The first kappa shape index (κ1) is 13.0. The molecule has 0 radical (unpaired) electrons. The summed E-state index contributed by atoms with van der Waals surface area (Å²) in [5, 5.41) is 10.3. The number of nitriles is 1. The largest absolute Gasteiger partial charge is 0.444 e. The maximum absolute atomic E-state index is 9.30. The SMILES string of the molecule is Cc1cc(Br)c2oc(C#N)c(Cc3ccccc3)c2c1. The number of rotatable bonds is 2. The smallest absolute Gasteiger partial charge is 0.208 e. The molecule has 20 heavy (non-hydrogen) atoms. The molecule has 3 aromatic rings. The zero-order valence-corrected chi connectivity index (χ0v) is 12.6. The Bertz CT molecular complexity index is 812. The normalized spacial score (nSPS) is 10.7. The van der Waals surface area contributed by atoms with Gasteiger partial charge in [0.25, 0.3) is 0 Å². The highest BCUT2D eigenvalue weighted by Gasteiger charge is 2.16. The number of benzene rings is 2. The quantitative estimate of drug-likeness (QED) is 0.667. The highest BCUT2D eigenvalue weighted by Crippen LogP contribution is 2.33. The minimum atomic E-state index is 0.398. The van der Waals surface area contributed by atoms with Gasteiger partial charge in [-0.1, -0.05) is 30.3 Å². The van der Waals surface area contributed by atoms with Crippen molar-refractivity contribution in [2.75, 3.05) is 0 Å². The molecule has 2 aromatic carbocycles. The Morgan fingerprint density at radius 1 is 1.20 bits per heavy atom. The van der Waals surface area contributed by atoms with Crippen LogP contribution >= 0.6 is 15.9 Å². The van der Waals surface area contributed by atoms with Crippen LogP contribution in [0.3, 0.4) is 0 Å². The van der Waals surface area contributed by atoms with E-state index < -0.39 is 0 Å². The van der Waals surface area contributed by atoms with Gasteiger partial charge in [0.15, 0.2) is 0 Å². The number of halogens is 1. The third-order valence-electron chi connectivity index (χ3n) is 3.32. The van der Waals surface area contributed by atoms with Gasteiger partial charge in [0, 0.05) is 17.4 Å². The minimum absolute atomic E-state index is 0.398. The van der Waals surface area contributed by atoms with E-state index in [0.29, 0.717) is 12.2 Å². The van der Waals surface area contributed by atoms with Crippen molar-refractivity contribution in [1.82, 2.24) is 0 Å². The average Bonchev–Trinajstić information content (AvgIpc) is 2.78. The van der Waals surface area contributed by atoms with E-state index in [4.69, 9.17) is 4.42 Å². The summed E-state index contributed by atoms with van der Waals surface area (Å²) in [6.45, 7) is 2.04. The molecule has 0 aliphatic carbocycles. The molecule has 0 N–H and O–H groups in total. The Labute approximate surface area is 125 Å². The van der Waals surface area contributed by atoms with E-state index >= 15 is 0 Å². The Hall–Kier alpha value is -2.05. The van der Waals surface area contributed by atoms with Crippen LogP contribution in [-0.4, -0.2) is 0 Å². The molecule has 0 bridgehead atoms. The Morgan fingerprint density at radius 2 is 1.95 bits per heavy atom. The molecule has 0 aliphatic heterocycles. The highest BCUT2D eigenvalue weighted by molar-refractivity contribution is 9.10. The van der Waals surface area contributed by atoms with Gasteiger partial charge in [-0.3, -0.25) is 0 Å². The van der Waals surface area contributed by atoms with E-state index in [1.807, 2.05) is 31.2 Å². The fourth-order valence-electron chi connectivity index (χ4n) is 2.41. The fourth-order valence-corrected chi connectivity index (χ4v) is 3.06. The Kier molecular flexibility index (Phi) is 3.33. The van der Waals surface area contributed by atoms with Crippen molar-refractivity contribution < 1.29 is 4.42 Å². The van der Waals surface area contributed by atoms with Gasteiger partial charge in [0.1, 0.15) is 11.7 Å². The summed E-state index contributed by atoms with van der Waals surface area (Å²) in [6.07, 6.45) is 0.701. The van der Waals surface area contributed by atoms with E-state index in [0.717, 1.165) is 26.6 Å². The summed E-state index contributed by atoms with van der Waals surface area (Å²) in [5.74, 6) is 0.398. The maximum Gasteiger partial charge on any atom is 0.208 e. The first-order valence-electron chi connectivity index (χ1n) is 6.34. The van der Waals surface area contributed by atoms with Gasteiger partial charge in [-0.25, -0.2) is 0 Å². The zero-order valence-electron chi connectivity index (χ0n) is 11.0. The molecule has 3 rings (SSSR count). The molecule has 3 heteroatoms. The van der Waals surface area contributed by atoms with Gasteiger partial charge in [-0.05, 0) is 46.1 Å². The van der Waals surface area contributed by atoms with E-state index in [1.165, 1.54) is 5.56 Å². The molecular formula is C17H12BrNO. The maximum atomic E-state index is 9.30. The first-order valence-corrected chi connectivity index (χ1v) is 7.14. The van der Waals surface area contributed by atoms with Gasteiger partial charge in [0.05, 0.1) is 4.47 Å². The highest BCUT2D eigenvalue weighted by atomic mass is 79.9. The van der Waals surface area contributed by atoms with Gasteiger partial charge in [-0.2, -0.15) is 5.26 Å². The van der Waals surface area contributed by atoms with E-state index in [1.54, 1.807) is 0 Å². The van der Waals surface area contributed by atoms with Crippen LogP contribution < -0.4 is 0 Å². The summed E-state index contributed by atoms with van der Waals surface area (Å²) in [5.41, 5.74) is 4.02. The minimum Gasteiger partial charge on any atom is -0.444 e. The monoisotopic (exact) mass is 325 g/mol. The number of nitrogens with zero attached hydrogens (tertiary/aromatic N) is 1. The lowest BCUT2D eigenvalue weighted by molar-refractivity contribution is 0.593. The van der Waals surface area contributed by atoms with Crippen LogP contribution in [0.5, 0.6) is 0 Å². The first-order chi connectivity index (χ1) is 9.69. The van der Waals surface area contributed by atoms with Crippen LogP contribution in [0, 0.1) is 18.3 Å². The molecule has 98 valence electrons. The molecule has 0 aliphatic rings. The number of fused-ring (bicyclic) bond motifs is 1. The average molecular weight is 326 g/mol. The second-order valence-electron chi connectivity index (χ2n) is 4.81. The Balaban J connectivity index is 2.21. The second kappa shape index (κ2) is 5.15. The number of hydrogen-bond acceptors (Lipinski definition) is 2. The van der Waals surface area contributed by atoms with Crippen LogP contribution in [0.4, 0.5) is 0 Å². The molecule has 2 nitrogen and oxygen atoms in total. The van der Waals surface area contributed by atoms with E-state index in [9.17, 15) is 5.26 Å². The topological polar surface area (TPSA) is 36.9 Å². The predicted molar refractivity (Wildman–Crippen MR) is 82.6 cm³/mol. The van der Waals surface area contributed by atoms with Crippen molar-refractivity contribution in [3.8, 4) is 6.07 Å². The molecule has 0 saturated carbocycles. The predicted octanol–water partition coefficient (Wildman–Crippen LogP) is 4.97. The lowest BCUT2D eigenvalue weighted by atomic mass is 10.0. The summed E-state index contributed by atoms with van der Waals surface area (Å²) in [6, 6.07) is 16.4. The molecule has 0 saturated heterocycles. The third-order valence-corrected chi connectivity index (χ3v) is 3.91. The Morgan fingerprint density at radius 3 is 2.65 bits per heavy atom. The number of hydrogen-bond donors (Lipinski definition) is 0. The lowest BCUT2D eigenvalue weighted by Crippen LogP contribution is -1.89. The van der Waals surface area contributed by atoms with Crippen molar-refractivity contribution in [2.24, 2.45) is 0 Å². The number of aryl methyl sites for hydroxylation is 1. The summed E-state index contributed by atoms with van der Waals surface area (Å²) < 4.78 is 6.59. The molecule has 0 amide bonds. The van der Waals surface area contributed by atoms with Crippen LogP contribution in [0.2, 0.25) is 0 Å². The standard InChI is InChI=1S/C17H12BrNO/c1-11-7-14-13(9-12-5-3-2-4-6-12)16(10-19)20-17(14)15(18)8-11/h2-8H,9H2,1H3. The van der Waals surface area contributed by atoms with Gasteiger partial charge < -0.3 is 4.42 Å². The molecular weight excluding hydrogens is 314 g/mol. The van der Waals surface area contributed by atoms with Crippen LogP contribution in [0.25, 0.3) is 11.0 Å². The van der Waals surface area contributed by atoms with Crippen LogP contribution in [0.15, 0.2) is 51.4 Å². The zero-order chi connectivity index (χ0) is 14.1. The lowest BCUT2D eigenvalue weighted by Gasteiger charge is -2.01. The summed E-state index contributed by atoms with van der Waals surface area (Å²) in [4.78, 5) is 0. The van der Waals surface area contributed by atoms with Gasteiger partial charge in [-0.15, -0.1) is 0 Å². The van der Waals surface area contributed by atoms with Crippen molar-refractivity contribution in [3.63, 3.8) is 0 Å². The molecule has 1 aromatic heterocycles. The van der Waals surface area contributed by atoms with Crippen molar-refractivity contribution >= 4 is 26.9 Å². The molecule has 0 fully saturated rings. The molecule has 0 unspecified atom stereocenters. The number of furan rings is 1. The molecule has 0 atom stereocenters. The fraction of sp³-hybridized carbons (Fsp3) is 0.118. The van der Waals surface area contributed by atoms with Crippen LogP contribution in [0.1, 0.15) is 22.5 Å². The van der Waals surface area contributed by atoms with Crippen LogP contribution in [-0.2, 0) is 6.42 Å². The summed E-state index contributed by atoms with van der Waals surface area (Å²) >= 11 is 3.51. The third kappa shape index (κ3) is 2.23. The second-order valence-corrected chi connectivity index (χ2v) is 5.66. The van der Waals surface area contributed by atoms with Crippen molar-refractivity contribution in [3.05, 3.63) is 69.4 Å². The van der Waals surface area contributed by atoms with Crippen molar-refractivity contribution in [1.29, 1.82) is 5.26 Å². The van der Waals surface area contributed by atoms with Gasteiger partial charge in [0.2, 0.25) is 5.76 Å². The van der Waals surface area contributed by atoms with Crippen molar-refractivity contribution in [2.45, 2.75) is 13.3 Å². The molecule has 1 heterocycles. The van der Waals surface area contributed by atoms with E-state index in [2.05, 4.69) is 40.2 Å². The van der Waals surface area contributed by atoms with E-state index in [-0.39, 0.29) is 0 Å². The van der Waals surface area contributed by atoms with Gasteiger partial charge >= 0.3 is 0 Å². The molecule has 0 spiro atoms. The summed E-state index contributed by atoms with van der Waals surface area (Å²) in [7, 11) is 0.